The summed E-state index contributed by atoms with van der Waals surface area (Å²) >= 11 is 8.48. The maximum Gasteiger partial charge on any atom is 0.305 e. The molecule has 0 aromatic rings. The summed E-state index contributed by atoms with van der Waals surface area (Å²) in [4.78, 5) is 22.0. The molecule has 10 heteroatoms. The van der Waals surface area contributed by atoms with Crippen molar-refractivity contribution in [1.29, 1.82) is 0 Å². The van der Waals surface area contributed by atoms with Gasteiger partial charge in [0, 0.05) is 16.7 Å². The summed E-state index contributed by atoms with van der Waals surface area (Å²) in [5.74, 6) is -2.12. The molecule has 0 fully saturated rings. The van der Waals surface area contributed by atoms with Crippen LogP contribution in [0.25, 0.3) is 0 Å². The number of aliphatic carboxylic acids is 2. The second kappa shape index (κ2) is 9.93. The van der Waals surface area contributed by atoms with Gasteiger partial charge in [0.25, 0.3) is 0 Å². The highest BCUT2D eigenvalue weighted by molar-refractivity contribution is 14.1. The summed E-state index contributed by atoms with van der Waals surface area (Å²) in [5.41, 5.74) is 0. The molecule has 0 saturated heterocycles. The molecular formula is C10H10Cl2I4O4. The lowest BCUT2D eigenvalue weighted by Crippen LogP contribution is -2.38. The molecule has 116 valence electrons. The zero-order valence-electron chi connectivity index (χ0n) is 9.61. The Kier molecular flexibility index (Phi) is 12.0. The highest BCUT2D eigenvalue weighted by atomic mass is 127. The first-order chi connectivity index (χ1) is 8.18. The van der Waals surface area contributed by atoms with Gasteiger partial charge >= 0.3 is 11.9 Å². The average molecular weight is 773 g/mol. The van der Waals surface area contributed by atoms with Crippen LogP contribution < -0.4 is 0 Å². The fraction of sp³-hybridized carbons (Fsp3) is 0.400. The number of carboxylic acid groups (broad SMARTS) is 2. The Balaban J connectivity index is 0. The van der Waals surface area contributed by atoms with Gasteiger partial charge in [-0.15, -0.1) is 24.8 Å². The van der Waals surface area contributed by atoms with Crippen molar-refractivity contribution in [3.63, 3.8) is 0 Å². The highest BCUT2D eigenvalue weighted by Crippen LogP contribution is 2.53. The molecule has 0 heterocycles. The van der Waals surface area contributed by atoms with Crippen LogP contribution in [0.5, 0.6) is 0 Å². The van der Waals surface area contributed by atoms with Crippen molar-refractivity contribution in [2.24, 2.45) is 5.92 Å². The molecule has 2 atom stereocenters. The van der Waals surface area contributed by atoms with E-state index in [2.05, 4.69) is 90.4 Å². The van der Waals surface area contributed by atoms with Gasteiger partial charge in [-0.05, 0) is 73.8 Å². The predicted molar refractivity (Wildman–Crippen MR) is 116 cm³/mol. The topological polar surface area (TPSA) is 74.6 Å². The van der Waals surface area contributed by atoms with Crippen LogP contribution in [0, 0.1) is 5.92 Å². The van der Waals surface area contributed by atoms with E-state index >= 15 is 0 Å². The minimum absolute atomic E-state index is 0. The molecular weight excluding hydrogens is 763 g/mol. The number of rotatable bonds is 4. The van der Waals surface area contributed by atoms with E-state index in [1.165, 1.54) is 0 Å². The third-order valence-corrected chi connectivity index (χ3v) is 9.80. The van der Waals surface area contributed by atoms with Gasteiger partial charge in [0.05, 0.1) is 16.3 Å². The minimum atomic E-state index is -0.913. The number of hydrogen-bond donors (Lipinski definition) is 2. The van der Waals surface area contributed by atoms with Gasteiger partial charge in [-0.1, -0.05) is 22.6 Å². The second-order valence-corrected chi connectivity index (χ2v) is 9.18. The Morgan fingerprint density at radius 3 is 2.05 bits per heavy atom. The molecule has 2 unspecified atom stereocenters. The van der Waals surface area contributed by atoms with Crippen molar-refractivity contribution in [2.45, 2.75) is 16.3 Å². The summed E-state index contributed by atoms with van der Waals surface area (Å²) in [6.07, 6.45) is 1.80. The van der Waals surface area contributed by atoms with Crippen LogP contribution in [-0.4, -0.2) is 25.6 Å². The van der Waals surface area contributed by atoms with Crippen molar-refractivity contribution < 1.29 is 19.8 Å². The molecule has 4 nitrogen and oxygen atoms in total. The van der Waals surface area contributed by atoms with Crippen LogP contribution in [0.3, 0.4) is 0 Å². The quantitative estimate of drug-likeness (QED) is 0.313. The molecule has 0 aromatic carbocycles. The van der Waals surface area contributed by atoms with Crippen LogP contribution in [-0.2, 0) is 9.59 Å². The fourth-order valence-electron chi connectivity index (χ4n) is 1.69. The van der Waals surface area contributed by atoms with Crippen LogP contribution >= 0.6 is 115 Å². The van der Waals surface area contributed by atoms with E-state index in [1.807, 2.05) is 6.08 Å². The van der Waals surface area contributed by atoms with Crippen LogP contribution in [0.15, 0.2) is 16.8 Å². The lowest BCUT2D eigenvalue weighted by molar-refractivity contribution is -0.140. The molecule has 0 spiro atoms. The number of hydrogen-bond acceptors (Lipinski definition) is 2. The summed E-state index contributed by atoms with van der Waals surface area (Å²) in [6, 6.07) is 0. The largest absolute Gasteiger partial charge is 0.481 e. The fourth-order valence-corrected chi connectivity index (χ4v) is 6.37. The lowest BCUT2D eigenvalue weighted by Gasteiger charge is -2.37. The Bertz CT molecular complexity index is 466. The summed E-state index contributed by atoms with van der Waals surface area (Å²) < 4.78 is 2.13. The van der Waals surface area contributed by atoms with Crippen molar-refractivity contribution in [1.82, 2.24) is 0 Å². The second-order valence-electron chi connectivity index (χ2n) is 3.77. The molecule has 0 aromatic heterocycles. The Labute approximate surface area is 183 Å². The van der Waals surface area contributed by atoms with E-state index in [4.69, 9.17) is 10.2 Å². The maximum absolute atomic E-state index is 11.0. The van der Waals surface area contributed by atoms with Crippen molar-refractivity contribution in [2.75, 3.05) is 0 Å². The zero-order chi connectivity index (χ0) is 14.1. The number of allylic oxidation sites excluding steroid dienone is 4. The smallest absolute Gasteiger partial charge is 0.305 e. The predicted octanol–water partition coefficient (Wildman–Crippen LogP) is 4.98. The van der Waals surface area contributed by atoms with E-state index in [1.54, 1.807) is 0 Å². The van der Waals surface area contributed by atoms with E-state index < -0.39 is 15.4 Å². The van der Waals surface area contributed by atoms with Gasteiger partial charge in [-0.2, -0.15) is 0 Å². The molecule has 0 saturated carbocycles. The number of halogens is 6. The van der Waals surface area contributed by atoms with E-state index in [0.29, 0.717) is 0 Å². The number of carboxylic acids is 2. The van der Waals surface area contributed by atoms with Gasteiger partial charge in [-0.3, -0.25) is 9.59 Å². The number of carbonyl (C=O) groups is 2. The van der Waals surface area contributed by atoms with Crippen molar-refractivity contribution in [3.8, 4) is 0 Å². The molecule has 20 heavy (non-hydrogen) atoms. The molecule has 1 rings (SSSR count). The first kappa shape index (κ1) is 24.2. The van der Waals surface area contributed by atoms with E-state index in [9.17, 15) is 9.59 Å². The highest BCUT2D eigenvalue weighted by Gasteiger charge is 2.45. The first-order valence-corrected chi connectivity index (χ1v) is 9.05. The standard InChI is InChI=1S/C10H8I4O4.2ClH/c11-5-2-6(12)10(14,3-8(17)18)4(9(5)13)1-7(15)16;;/h2,4H,1,3H2,(H,15,16)(H,17,18);2*1H. The van der Waals surface area contributed by atoms with Crippen molar-refractivity contribution >= 4 is 127 Å². The Morgan fingerprint density at radius 2 is 1.65 bits per heavy atom. The summed E-state index contributed by atoms with van der Waals surface area (Å²) in [6.45, 7) is 0. The monoisotopic (exact) mass is 772 g/mol. The van der Waals surface area contributed by atoms with Gasteiger partial charge < -0.3 is 10.2 Å². The maximum atomic E-state index is 11.0. The minimum Gasteiger partial charge on any atom is -0.481 e. The summed E-state index contributed by atoms with van der Waals surface area (Å²) in [5, 5.41) is 18.1. The van der Waals surface area contributed by atoms with Crippen LogP contribution in [0.1, 0.15) is 12.8 Å². The normalized spacial score (nSPS) is 25.2. The first-order valence-electron chi connectivity index (χ1n) is 4.73. The molecule has 1 aliphatic carbocycles. The van der Waals surface area contributed by atoms with Gasteiger partial charge in [0.2, 0.25) is 0 Å². The molecule has 2 N–H and O–H groups in total. The lowest BCUT2D eigenvalue weighted by atomic mass is 9.83. The molecule has 0 amide bonds. The SMILES string of the molecule is Cl.Cl.O=C(O)CC1C(I)=C(I)C=C(I)C1(I)CC(=O)O. The van der Waals surface area contributed by atoms with Crippen LogP contribution in [0.4, 0.5) is 0 Å². The third kappa shape index (κ3) is 5.85. The van der Waals surface area contributed by atoms with Crippen molar-refractivity contribution in [3.05, 3.63) is 16.8 Å². The van der Waals surface area contributed by atoms with E-state index in [-0.39, 0.29) is 43.6 Å². The Morgan fingerprint density at radius 1 is 1.15 bits per heavy atom. The molecule has 0 bridgehead atoms. The van der Waals surface area contributed by atoms with Crippen LogP contribution in [0.2, 0.25) is 0 Å². The van der Waals surface area contributed by atoms with Gasteiger partial charge in [0.1, 0.15) is 0 Å². The van der Waals surface area contributed by atoms with Gasteiger partial charge in [-0.25, -0.2) is 0 Å². The summed E-state index contributed by atoms with van der Waals surface area (Å²) in [7, 11) is 0. The molecule has 0 aliphatic heterocycles. The zero-order valence-corrected chi connectivity index (χ0v) is 19.9. The number of alkyl halides is 1. The molecule has 1 aliphatic rings. The van der Waals surface area contributed by atoms with E-state index in [0.717, 1.165) is 10.7 Å². The average Bonchev–Trinajstić information content (AvgIpc) is 2.21. The Hall–Kier alpha value is 1.92. The van der Waals surface area contributed by atoms with Gasteiger partial charge in [0.15, 0.2) is 0 Å². The molecule has 0 radical (unpaired) electrons. The third-order valence-electron chi connectivity index (χ3n) is 2.52.